The van der Waals surface area contributed by atoms with E-state index in [9.17, 15) is 4.79 Å². The molecule has 2 aliphatic rings. The van der Waals surface area contributed by atoms with Gasteiger partial charge < -0.3 is 20.7 Å². The van der Waals surface area contributed by atoms with Gasteiger partial charge in [-0.05, 0) is 37.5 Å². The highest BCUT2D eigenvalue weighted by Crippen LogP contribution is 2.22. The van der Waals surface area contributed by atoms with Crippen LogP contribution in [0, 0.1) is 6.92 Å². The molecule has 21 heavy (non-hydrogen) atoms. The summed E-state index contributed by atoms with van der Waals surface area (Å²) in [5, 5.41) is 3.05. The third-order valence-electron chi connectivity index (χ3n) is 3.88. The molecule has 1 aromatic rings. The van der Waals surface area contributed by atoms with Gasteiger partial charge in [0.1, 0.15) is 11.9 Å². The number of pyridine rings is 1. The van der Waals surface area contributed by atoms with Crippen LogP contribution in [-0.4, -0.2) is 42.7 Å². The Bertz CT molecular complexity index is 530. The lowest BCUT2D eigenvalue weighted by Crippen LogP contribution is -2.54. The first-order chi connectivity index (χ1) is 10.2. The van der Waals surface area contributed by atoms with E-state index in [1.54, 1.807) is 0 Å². The summed E-state index contributed by atoms with van der Waals surface area (Å²) in [6.45, 7) is 4.11. The van der Waals surface area contributed by atoms with Crippen LogP contribution < -0.4 is 16.0 Å². The van der Waals surface area contributed by atoms with Gasteiger partial charge in [0.15, 0.2) is 0 Å². The van der Waals surface area contributed by atoms with Crippen LogP contribution in [0.15, 0.2) is 12.1 Å². The number of amides is 1. The minimum Gasteiger partial charge on any atom is -0.377 e. The summed E-state index contributed by atoms with van der Waals surface area (Å²) in [6.07, 6.45) is 2.17. The van der Waals surface area contributed by atoms with E-state index in [-0.39, 0.29) is 11.9 Å². The topological polar surface area (TPSA) is 80.5 Å². The molecule has 3 rings (SSSR count). The van der Waals surface area contributed by atoms with Crippen molar-refractivity contribution in [2.75, 3.05) is 24.7 Å². The number of hydrogen-bond donors (Lipinski definition) is 2. The second-order valence-electron chi connectivity index (χ2n) is 5.75. The highest BCUT2D eigenvalue weighted by molar-refractivity contribution is 5.85. The number of hydrogen-bond acceptors (Lipinski definition) is 5. The number of morpholine rings is 1. The Hall–Kier alpha value is -1.66. The maximum Gasteiger partial charge on any atom is 0.245 e. The summed E-state index contributed by atoms with van der Waals surface area (Å²) in [6, 6.07) is 3.99. The highest BCUT2D eigenvalue weighted by Gasteiger charge is 2.33. The van der Waals surface area contributed by atoms with Crippen molar-refractivity contribution < 1.29 is 9.53 Å². The first-order valence-corrected chi connectivity index (χ1v) is 7.50. The van der Waals surface area contributed by atoms with Gasteiger partial charge in [0.05, 0.1) is 13.2 Å². The molecule has 1 atom stereocenters. The van der Waals surface area contributed by atoms with Crippen LogP contribution in [-0.2, 0) is 16.1 Å². The van der Waals surface area contributed by atoms with Crippen LogP contribution >= 0.6 is 0 Å². The van der Waals surface area contributed by atoms with E-state index in [0.717, 1.165) is 29.9 Å². The van der Waals surface area contributed by atoms with Crippen LogP contribution in [0.25, 0.3) is 0 Å². The molecule has 1 saturated carbocycles. The Kier molecular flexibility index (Phi) is 4.07. The van der Waals surface area contributed by atoms with Crippen LogP contribution in [0.3, 0.4) is 0 Å². The fourth-order valence-corrected chi connectivity index (χ4v) is 2.61. The number of nitrogens with two attached hydrogens (primary N) is 1. The summed E-state index contributed by atoms with van der Waals surface area (Å²) in [5.74, 6) is 0.851. The third kappa shape index (κ3) is 3.33. The molecule has 1 unspecified atom stereocenters. The number of nitrogens with zero attached hydrogens (tertiary/aromatic N) is 2. The van der Waals surface area contributed by atoms with Crippen molar-refractivity contribution in [1.29, 1.82) is 0 Å². The lowest BCUT2D eigenvalue weighted by molar-refractivity contribution is -0.124. The molecular weight excluding hydrogens is 268 g/mol. The molecule has 2 fully saturated rings. The first kappa shape index (κ1) is 14.3. The molecule has 0 aromatic carbocycles. The second kappa shape index (κ2) is 5.99. The van der Waals surface area contributed by atoms with Crippen molar-refractivity contribution in [1.82, 2.24) is 10.3 Å². The Morgan fingerprint density at radius 1 is 1.52 bits per heavy atom. The van der Waals surface area contributed by atoms with E-state index in [1.807, 2.05) is 24.0 Å². The van der Waals surface area contributed by atoms with E-state index in [1.165, 1.54) is 0 Å². The Balaban J connectivity index is 1.82. The number of aromatic nitrogens is 1. The predicted molar refractivity (Wildman–Crippen MR) is 80.0 cm³/mol. The smallest absolute Gasteiger partial charge is 0.245 e. The maximum absolute atomic E-state index is 12.4. The molecule has 0 spiro atoms. The van der Waals surface area contributed by atoms with Crippen LogP contribution in [0.2, 0.25) is 0 Å². The van der Waals surface area contributed by atoms with Gasteiger partial charge in [-0.25, -0.2) is 4.98 Å². The van der Waals surface area contributed by atoms with Gasteiger partial charge in [0.2, 0.25) is 5.91 Å². The lowest BCUT2D eigenvalue weighted by atomic mass is 10.1. The number of aryl methyl sites for hydroxylation is 1. The number of anilines is 1. The molecule has 114 valence electrons. The first-order valence-electron chi connectivity index (χ1n) is 7.50. The fraction of sp³-hybridized carbons (Fsp3) is 0.600. The summed E-state index contributed by atoms with van der Waals surface area (Å²) >= 11 is 0. The lowest BCUT2D eigenvalue weighted by Gasteiger charge is -2.35. The van der Waals surface area contributed by atoms with Crippen molar-refractivity contribution >= 4 is 11.7 Å². The zero-order chi connectivity index (χ0) is 14.8. The highest BCUT2D eigenvalue weighted by atomic mass is 16.5. The molecule has 6 heteroatoms. The molecule has 0 radical (unpaired) electrons. The van der Waals surface area contributed by atoms with Crippen LogP contribution in [0.5, 0.6) is 0 Å². The minimum absolute atomic E-state index is 0.0369. The van der Waals surface area contributed by atoms with Gasteiger partial charge in [0, 0.05) is 24.8 Å². The normalized spacial score (nSPS) is 22.2. The van der Waals surface area contributed by atoms with Gasteiger partial charge in [-0.15, -0.1) is 0 Å². The quantitative estimate of drug-likeness (QED) is 0.835. The molecule has 3 N–H and O–H groups in total. The number of carbonyl (C=O) groups is 1. The Labute approximate surface area is 124 Å². The predicted octanol–water partition coefficient (Wildman–Crippen LogP) is 0.333. The fourth-order valence-electron chi connectivity index (χ4n) is 2.61. The third-order valence-corrected chi connectivity index (χ3v) is 3.88. The van der Waals surface area contributed by atoms with Crippen molar-refractivity contribution in [3.05, 3.63) is 23.4 Å². The van der Waals surface area contributed by atoms with Crippen molar-refractivity contribution in [3.63, 3.8) is 0 Å². The van der Waals surface area contributed by atoms with Gasteiger partial charge in [-0.2, -0.15) is 0 Å². The molecule has 1 aliphatic carbocycles. The zero-order valence-electron chi connectivity index (χ0n) is 12.3. The SMILES string of the molecule is Cc1cc(CN)cc(N2CCOCC2C(=O)NC2CC2)n1. The van der Waals surface area contributed by atoms with Gasteiger partial charge in [-0.3, -0.25) is 4.79 Å². The molecule has 1 aliphatic heterocycles. The molecule has 2 heterocycles. The number of ether oxygens (including phenoxy) is 1. The zero-order valence-corrected chi connectivity index (χ0v) is 12.3. The number of rotatable bonds is 4. The summed E-state index contributed by atoms with van der Waals surface area (Å²) in [5.41, 5.74) is 7.69. The van der Waals surface area contributed by atoms with E-state index in [4.69, 9.17) is 10.5 Å². The monoisotopic (exact) mass is 290 g/mol. The molecule has 6 nitrogen and oxygen atoms in total. The van der Waals surface area contributed by atoms with Crippen molar-refractivity contribution in [3.8, 4) is 0 Å². The summed E-state index contributed by atoms with van der Waals surface area (Å²) in [7, 11) is 0. The Morgan fingerprint density at radius 2 is 2.33 bits per heavy atom. The molecule has 1 aromatic heterocycles. The average molecular weight is 290 g/mol. The molecule has 0 bridgehead atoms. The minimum atomic E-state index is -0.306. The standard InChI is InChI=1S/C15H22N4O2/c1-10-6-11(8-16)7-14(17-10)19-4-5-21-9-13(19)15(20)18-12-2-3-12/h6-7,12-13H,2-5,8-9,16H2,1H3,(H,18,20). The van der Waals surface area contributed by atoms with E-state index >= 15 is 0 Å². The van der Waals surface area contributed by atoms with E-state index < -0.39 is 0 Å². The van der Waals surface area contributed by atoms with E-state index in [0.29, 0.717) is 32.3 Å². The second-order valence-corrected chi connectivity index (χ2v) is 5.75. The molecule has 1 saturated heterocycles. The van der Waals surface area contributed by atoms with Crippen molar-refractivity contribution in [2.24, 2.45) is 5.73 Å². The van der Waals surface area contributed by atoms with Crippen LogP contribution in [0.1, 0.15) is 24.1 Å². The average Bonchev–Trinajstić information content (AvgIpc) is 3.30. The van der Waals surface area contributed by atoms with Crippen molar-refractivity contribution in [2.45, 2.75) is 38.4 Å². The van der Waals surface area contributed by atoms with Gasteiger partial charge in [-0.1, -0.05) is 0 Å². The van der Waals surface area contributed by atoms with Gasteiger partial charge in [0.25, 0.3) is 0 Å². The summed E-state index contributed by atoms with van der Waals surface area (Å²) in [4.78, 5) is 19.0. The van der Waals surface area contributed by atoms with Gasteiger partial charge >= 0.3 is 0 Å². The number of nitrogens with one attached hydrogen (secondary N) is 1. The molecular formula is C15H22N4O2. The largest absolute Gasteiger partial charge is 0.377 e. The Morgan fingerprint density at radius 3 is 3.05 bits per heavy atom. The summed E-state index contributed by atoms with van der Waals surface area (Å²) < 4.78 is 5.49. The number of carbonyl (C=O) groups excluding carboxylic acids is 1. The maximum atomic E-state index is 12.4. The molecule has 1 amide bonds. The van der Waals surface area contributed by atoms with Crippen LogP contribution in [0.4, 0.5) is 5.82 Å². The van der Waals surface area contributed by atoms with E-state index in [2.05, 4.69) is 10.3 Å².